The lowest BCUT2D eigenvalue weighted by Gasteiger charge is -2.28. The second-order valence-electron chi connectivity index (χ2n) is 6.28. The normalized spacial score (nSPS) is 22.1. The van der Waals surface area contributed by atoms with Gasteiger partial charge in [-0.25, -0.2) is 0 Å². The average molecular weight is 272 g/mol. The Morgan fingerprint density at radius 2 is 2.00 bits per heavy atom. The Kier molecular flexibility index (Phi) is 3.95. The van der Waals surface area contributed by atoms with Crippen LogP contribution in [0.3, 0.4) is 0 Å². The van der Waals surface area contributed by atoms with E-state index in [2.05, 4.69) is 17.4 Å². The van der Waals surface area contributed by atoms with Crippen LogP contribution in [0.2, 0.25) is 0 Å². The molecule has 1 atom stereocenters. The van der Waals surface area contributed by atoms with Crippen LogP contribution in [0.4, 0.5) is 5.69 Å². The molecule has 1 unspecified atom stereocenters. The molecule has 3 nitrogen and oxygen atoms in total. The van der Waals surface area contributed by atoms with Gasteiger partial charge >= 0.3 is 0 Å². The second kappa shape index (κ2) is 5.86. The molecule has 1 heterocycles. The first-order valence-corrected chi connectivity index (χ1v) is 7.83. The summed E-state index contributed by atoms with van der Waals surface area (Å²) >= 11 is 0. The molecule has 3 rings (SSSR count). The summed E-state index contributed by atoms with van der Waals surface area (Å²) in [5.74, 6) is 0.952. The largest absolute Gasteiger partial charge is 0.373 e. The second-order valence-corrected chi connectivity index (χ2v) is 6.28. The van der Waals surface area contributed by atoms with E-state index in [0.29, 0.717) is 5.92 Å². The predicted molar refractivity (Wildman–Crippen MR) is 81.8 cm³/mol. The summed E-state index contributed by atoms with van der Waals surface area (Å²) in [6, 6.07) is 8.16. The van der Waals surface area contributed by atoms with Crippen LogP contribution in [-0.4, -0.2) is 30.4 Å². The molecule has 3 heteroatoms. The van der Waals surface area contributed by atoms with Crippen molar-refractivity contribution in [2.45, 2.75) is 44.6 Å². The van der Waals surface area contributed by atoms with Crippen molar-refractivity contribution in [1.29, 1.82) is 0 Å². The molecule has 1 aliphatic heterocycles. The summed E-state index contributed by atoms with van der Waals surface area (Å²) in [5.41, 5.74) is 2.38. The Balaban J connectivity index is 1.57. The first-order valence-electron chi connectivity index (χ1n) is 7.83. The number of amides is 1. The zero-order chi connectivity index (χ0) is 13.9. The highest BCUT2D eigenvalue weighted by Crippen LogP contribution is 2.27. The van der Waals surface area contributed by atoms with Crippen LogP contribution in [0.25, 0.3) is 0 Å². The van der Waals surface area contributed by atoms with Gasteiger partial charge in [0.15, 0.2) is 0 Å². The number of benzene rings is 1. The third-order valence-corrected chi connectivity index (χ3v) is 4.70. The zero-order valence-electron chi connectivity index (χ0n) is 12.3. The van der Waals surface area contributed by atoms with Crippen molar-refractivity contribution in [2.24, 2.45) is 5.92 Å². The third kappa shape index (κ3) is 2.82. The standard InChI is InChI=1S/C17H24N2O/c1-19(12-13-7-3-2-4-8-13)17(20)16-11-14-9-5-6-10-15(14)18-16/h5-6,9-10,13,16,18H,2-4,7-8,11-12H2,1H3. The zero-order valence-corrected chi connectivity index (χ0v) is 12.3. The summed E-state index contributed by atoms with van der Waals surface area (Å²) in [6.45, 7) is 0.924. The lowest BCUT2D eigenvalue weighted by Crippen LogP contribution is -2.42. The van der Waals surface area contributed by atoms with E-state index in [1.165, 1.54) is 37.7 Å². The lowest BCUT2D eigenvalue weighted by atomic mass is 9.89. The van der Waals surface area contributed by atoms with Crippen molar-refractivity contribution in [2.75, 3.05) is 18.9 Å². The molecular formula is C17H24N2O. The fourth-order valence-electron chi connectivity index (χ4n) is 3.56. The van der Waals surface area contributed by atoms with Gasteiger partial charge in [-0.1, -0.05) is 37.5 Å². The van der Waals surface area contributed by atoms with Crippen molar-refractivity contribution in [3.8, 4) is 0 Å². The average Bonchev–Trinajstić information content (AvgIpc) is 2.91. The minimum absolute atomic E-state index is 0.0685. The predicted octanol–water partition coefficient (Wildman–Crippen LogP) is 3.06. The van der Waals surface area contributed by atoms with E-state index in [0.717, 1.165) is 18.7 Å². The maximum absolute atomic E-state index is 12.6. The van der Waals surface area contributed by atoms with E-state index in [9.17, 15) is 4.79 Å². The molecule has 0 bridgehead atoms. The van der Waals surface area contributed by atoms with Crippen LogP contribution >= 0.6 is 0 Å². The highest BCUT2D eigenvalue weighted by Gasteiger charge is 2.29. The van der Waals surface area contributed by atoms with E-state index >= 15 is 0 Å². The van der Waals surface area contributed by atoms with Crippen molar-refractivity contribution in [1.82, 2.24) is 4.90 Å². The van der Waals surface area contributed by atoms with Gasteiger partial charge in [-0.3, -0.25) is 4.79 Å². The fraction of sp³-hybridized carbons (Fsp3) is 0.588. The molecule has 1 saturated carbocycles. The molecule has 1 N–H and O–H groups in total. The number of hydrogen-bond acceptors (Lipinski definition) is 2. The third-order valence-electron chi connectivity index (χ3n) is 4.70. The van der Waals surface area contributed by atoms with Gasteiger partial charge in [0.1, 0.15) is 6.04 Å². The van der Waals surface area contributed by atoms with Crippen LogP contribution in [-0.2, 0) is 11.2 Å². The van der Waals surface area contributed by atoms with Gasteiger partial charge in [0.25, 0.3) is 0 Å². The maximum atomic E-state index is 12.6. The van der Waals surface area contributed by atoms with E-state index in [1.54, 1.807) is 0 Å². The molecule has 2 aliphatic rings. The number of carbonyl (C=O) groups is 1. The number of nitrogens with zero attached hydrogens (tertiary/aromatic N) is 1. The van der Waals surface area contributed by atoms with E-state index in [-0.39, 0.29) is 11.9 Å². The summed E-state index contributed by atoms with van der Waals surface area (Å²) < 4.78 is 0. The monoisotopic (exact) mass is 272 g/mol. The first kappa shape index (κ1) is 13.5. The van der Waals surface area contributed by atoms with Crippen LogP contribution < -0.4 is 5.32 Å². The smallest absolute Gasteiger partial charge is 0.245 e. The maximum Gasteiger partial charge on any atom is 0.245 e. The quantitative estimate of drug-likeness (QED) is 0.917. The van der Waals surface area contributed by atoms with Gasteiger partial charge in [-0.2, -0.15) is 0 Å². The topological polar surface area (TPSA) is 32.3 Å². The number of nitrogens with one attached hydrogen (secondary N) is 1. The van der Waals surface area contributed by atoms with Gasteiger partial charge in [0, 0.05) is 25.7 Å². The molecule has 1 fully saturated rings. The summed E-state index contributed by atoms with van der Waals surface area (Å²) in [6.07, 6.45) is 7.43. The Bertz CT molecular complexity index is 455. The summed E-state index contributed by atoms with van der Waals surface area (Å²) in [7, 11) is 1.96. The number of anilines is 1. The number of carbonyl (C=O) groups excluding carboxylic acids is 1. The van der Waals surface area contributed by atoms with E-state index < -0.39 is 0 Å². The Hall–Kier alpha value is -1.51. The van der Waals surface area contributed by atoms with Crippen molar-refractivity contribution < 1.29 is 4.79 Å². The van der Waals surface area contributed by atoms with Crippen LogP contribution in [0, 0.1) is 5.92 Å². The minimum atomic E-state index is -0.0685. The SMILES string of the molecule is CN(CC1CCCCC1)C(=O)C1Cc2ccccc2N1. The molecular weight excluding hydrogens is 248 g/mol. The van der Waals surface area contributed by atoms with Crippen molar-refractivity contribution in [3.05, 3.63) is 29.8 Å². The van der Waals surface area contributed by atoms with Gasteiger partial charge < -0.3 is 10.2 Å². The molecule has 0 spiro atoms. The van der Waals surface area contributed by atoms with Gasteiger partial charge in [0.05, 0.1) is 0 Å². The van der Waals surface area contributed by atoms with Crippen LogP contribution in [0.15, 0.2) is 24.3 Å². The molecule has 108 valence electrons. The van der Waals surface area contributed by atoms with Gasteiger partial charge in [-0.05, 0) is 30.4 Å². The molecule has 1 amide bonds. The molecule has 1 aromatic carbocycles. The minimum Gasteiger partial charge on any atom is -0.373 e. The molecule has 1 aliphatic carbocycles. The molecule has 0 aromatic heterocycles. The van der Waals surface area contributed by atoms with E-state index in [4.69, 9.17) is 0 Å². The number of hydrogen-bond donors (Lipinski definition) is 1. The molecule has 20 heavy (non-hydrogen) atoms. The molecule has 1 aromatic rings. The van der Waals surface area contributed by atoms with Crippen molar-refractivity contribution in [3.63, 3.8) is 0 Å². The first-order chi connectivity index (χ1) is 9.74. The summed E-state index contributed by atoms with van der Waals surface area (Å²) in [5, 5.41) is 3.36. The van der Waals surface area contributed by atoms with E-state index in [1.807, 2.05) is 24.1 Å². The molecule has 0 radical (unpaired) electrons. The van der Waals surface area contributed by atoms with Gasteiger partial charge in [-0.15, -0.1) is 0 Å². The molecule has 0 saturated heterocycles. The van der Waals surface area contributed by atoms with Crippen LogP contribution in [0.1, 0.15) is 37.7 Å². The summed E-state index contributed by atoms with van der Waals surface area (Å²) in [4.78, 5) is 14.5. The fourth-order valence-corrected chi connectivity index (χ4v) is 3.56. The Morgan fingerprint density at radius 3 is 2.75 bits per heavy atom. The Morgan fingerprint density at radius 1 is 1.25 bits per heavy atom. The number of rotatable bonds is 3. The highest BCUT2D eigenvalue weighted by atomic mass is 16.2. The number of para-hydroxylation sites is 1. The van der Waals surface area contributed by atoms with Crippen molar-refractivity contribution >= 4 is 11.6 Å². The van der Waals surface area contributed by atoms with Gasteiger partial charge in [0.2, 0.25) is 5.91 Å². The van der Waals surface area contributed by atoms with Crippen LogP contribution in [0.5, 0.6) is 0 Å². The number of fused-ring (bicyclic) bond motifs is 1. The lowest BCUT2D eigenvalue weighted by molar-refractivity contribution is -0.131. The number of likely N-dealkylation sites (N-methyl/N-ethyl adjacent to an activating group) is 1. The Labute approximate surface area is 121 Å². The highest BCUT2D eigenvalue weighted by molar-refractivity contribution is 5.87.